The predicted octanol–water partition coefficient (Wildman–Crippen LogP) is -0.539. The number of hydrogen-bond acceptors (Lipinski definition) is 7. The van der Waals surface area contributed by atoms with Crippen molar-refractivity contribution < 1.29 is 24.3 Å². The van der Waals surface area contributed by atoms with Crippen LogP contribution in [-0.2, 0) is 25.6 Å². The second-order valence-corrected chi connectivity index (χ2v) is 8.04. The summed E-state index contributed by atoms with van der Waals surface area (Å²) >= 11 is 8.00. The van der Waals surface area contributed by atoms with Gasteiger partial charge in [-0.2, -0.15) is 25.3 Å². The van der Waals surface area contributed by atoms with Crippen molar-refractivity contribution in [1.82, 2.24) is 15.5 Å². The van der Waals surface area contributed by atoms with Gasteiger partial charge in [-0.25, -0.2) is 4.79 Å². The fraction of sp³-hybridized carbons (Fsp3) is 0.500. The first-order valence-corrected chi connectivity index (χ1v) is 11.2. The van der Waals surface area contributed by atoms with Crippen LogP contribution in [-0.4, -0.2) is 75.9 Å². The number of nitrogens with one attached hydrogen (secondary N) is 2. The Balaban J connectivity index is 2.17. The molecule has 1 fully saturated rings. The van der Waals surface area contributed by atoms with Crippen LogP contribution in [0.5, 0.6) is 0 Å². The lowest BCUT2D eigenvalue weighted by Gasteiger charge is -2.28. The molecular formula is C20H28N4O5S2. The molecule has 0 radical (unpaired) electrons. The van der Waals surface area contributed by atoms with Crippen molar-refractivity contribution >= 4 is 48.9 Å². The summed E-state index contributed by atoms with van der Waals surface area (Å²) in [4.78, 5) is 51.0. The third-order valence-corrected chi connectivity index (χ3v) is 5.82. The van der Waals surface area contributed by atoms with Crippen molar-refractivity contribution in [2.75, 3.05) is 18.1 Å². The third kappa shape index (κ3) is 6.88. The minimum absolute atomic E-state index is 0.0976. The van der Waals surface area contributed by atoms with Gasteiger partial charge in [-0.05, 0) is 18.4 Å². The number of carboxylic acids is 1. The van der Waals surface area contributed by atoms with E-state index in [0.29, 0.717) is 19.4 Å². The van der Waals surface area contributed by atoms with Crippen LogP contribution in [0.25, 0.3) is 0 Å². The Hall–Kier alpha value is -2.24. The van der Waals surface area contributed by atoms with Crippen LogP contribution in [0.4, 0.5) is 0 Å². The highest BCUT2D eigenvalue weighted by atomic mass is 32.1. The molecule has 31 heavy (non-hydrogen) atoms. The first kappa shape index (κ1) is 25.0. The molecule has 1 aromatic rings. The van der Waals surface area contributed by atoms with Crippen molar-refractivity contribution in [3.63, 3.8) is 0 Å². The lowest BCUT2D eigenvalue weighted by molar-refractivity contribution is -0.142. The normalized spacial score (nSPS) is 18.7. The van der Waals surface area contributed by atoms with E-state index in [1.165, 1.54) is 4.90 Å². The molecule has 4 atom stereocenters. The van der Waals surface area contributed by atoms with Crippen molar-refractivity contribution in [3.05, 3.63) is 35.9 Å². The molecular weight excluding hydrogens is 440 g/mol. The van der Waals surface area contributed by atoms with E-state index in [4.69, 9.17) is 5.73 Å². The molecule has 0 aliphatic carbocycles. The summed E-state index contributed by atoms with van der Waals surface area (Å²) in [7, 11) is 0. The number of carboxylic acid groups (broad SMARTS) is 1. The van der Waals surface area contributed by atoms with Gasteiger partial charge >= 0.3 is 5.97 Å². The second kappa shape index (κ2) is 12.0. The summed E-state index contributed by atoms with van der Waals surface area (Å²) in [6, 6.07) is 5.26. The number of aliphatic carboxylic acids is 1. The Kier molecular flexibility index (Phi) is 9.66. The molecule has 11 heteroatoms. The summed E-state index contributed by atoms with van der Waals surface area (Å²) in [5.74, 6) is -2.64. The number of amides is 3. The molecule has 1 saturated heterocycles. The van der Waals surface area contributed by atoms with Gasteiger partial charge in [0.25, 0.3) is 0 Å². The first-order chi connectivity index (χ1) is 14.8. The zero-order chi connectivity index (χ0) is 23.0. The Bertz CT molecular complexity index is 795. The van der Waals surface area contributed by atoms with Gasteiger partial charge in [-0.1, -0.05) is 30.3 Å². The second-order valence-electron chi connectivity index (χ2n) is 7.31. The number of nitrogens with two attached hydrogens (primary N) is 1. The van der Waals surface area contributed by atoms with Crippen LogP contribution >= 0.6 is 25.3 Å². The summed E-state index contributed by atoms with van der Waals surface area (Å²) in [5, 5.41) is 14.3. The SMILES string of the molecule is NC(CS)C(=O)N1CCCC1C(=O)NC(Cc1ccccc1)C(=O)NC(CS)C(=O)O. The van der Waals surface area contributed by atoms with Crippen molar-refractivity contribution in [2.24, 2.45) is 5.73 Å². The van der Waals surface area contributed by atoms with Gasteiger partial charge < -0.3 is 26.4 Å². The number of thiol groups is 2. The monoisotopic (exact) mass is 468 g/mol. The van der Waals surface area contributed by atoms with Gasteiger partial charge in [-0.3, -0.25) is 14.4 Å². The number of hydrogen-bond donors (Lipinski definition) is 6. The third-order valence-electron chi connectivity index (χ3n) is 5.07. The molecule has 0 saturated carbocycles. The first-order valence-electron chi connectivity index (χ1n) is 9.93. The molecule has 3 amide bonds. The molecule has 1 aromatic carbocycles. The van der Waals surface area contributed by atoms with E-state index in [1.807, 2.05) is 6.07 Å². The van der Waals surface area contributed by atoms with Crippen molar-refractivity contribution in [1.29, 1.82) is 0 Å². The molecule has 1 aliphatic rings. The fourth-order valence-electron chi connectivity index (χ4n) is 3.38. The van der Waals surface area contributed by atoms with Crippen LogP contribution in [0.15, 0.2) is 30.3 Å². The summed E-state index contributed by atoms with van der Waals surface area (Å²) in [6.07, 6.45) is 1.25. The zero-order valence-electron chi connectivity index (χ0n) is 16.9. The van der Waals surface area contributed by atoms with E-state index in [-0.39, 0.29) is 23.8 Å². The maximum Gasteiger partial charge on any atom is 0.327 e. The lowest BCUT2D eigenvalue weighted by Crippen LogP contribution is -2.57. The molecule has 1 aliphatic heterocycles. The van der Waals surface area contributed by atoms with E-state index in [9.17, 15) is 24.3 Å². The van der Waals surface area contributed by atoms with Crippen LogP contribution < -0.4 is 16.4 Å². The predicted molar refractivity (Wildman–Crippen MR) is 122 cm³/mol. The average Bonchev–Trinajstić information content (AvgIpc) is 3.26. The molecule has 0 spiro atoms. The van der Waals surface area contributed by atoms with E-state index < -0.39 is 42.0 Å². The molecule has 0 bridgehead atoms. The highest BCUT2D eigenvalue weighted by molar-refractivity contribution is 7.80. The Labute approximate surface area is 191 Å². The number of benzene rings is 1. The topological polar surface area (TPSA) is 142 Å². The van der Waals surface area contributed by atoms with Gasteiger partial charge in [0.15, 0.2) is 0 Å². The highest BCUT2D eigenvalue weighted by Crippen LogP contribution is 2.19. The molecule has 5 N–H and O–H groups in total. The molecule has 170 valence electrons. The number of carbonyl (C=O) groups is 4. The minimum Gasteiger partial charge on any atom is -0.480 e. The summed E-state index contributed by atoms with van der Waals surface area (Å²) in [5.41, 5.74) is 6.57. The van der Waals surface area contributed by atoms with E-state index >= 15 is 0 Å². The molecule has 4 unspecified atom stereocenters. The van der Waals surface area contributed by atoms with Gasteiger partial charge in [0.1, 0.15) is 18.1 Å². The number of carbonyl (C=O) groups excluding carboxylic acids is 3. The minimum atomic E-state index is -1.22. The maximum atomic E-state index is 13.0. The van der Waals surface area contributed by atoms with Gasteiger partial charge in [0.05, 0.1) is 6.04 Å². The average molecular weight is 469 g/mol. The number of rotatable bonds is 10. The van der Waals surface area contributed by atoms with Crippen LogP contribution in [0.2, 0.25) is 0 Å². The van der Waals surface area contributed by atoms with Crippen molar-refractivity contribution in [3.8, 4) is 0 Å². The molecule has 0 aromatic heterocycles. The van der Waals surface area contributed by atoms with Crippen molar-refractivity contribution in [2.45, 2.75) is 43.4 Å². The van der Waals surface area contributed by atoms with Gasteiger partial charge in [0.2, 0.25) is 17.7 Å². The number of likely N-dealkylation sites (tertiary alicyclic amines) is 1. The smallest absolute Gasteiger partial charge is 0.327 e. The molecule has 1 heterocycles. The summed E-state index contributed by atoms with van der Waals surface area (Å²) in [6.45, 7) is 0.398. The highest BCUT2D eigenvalue weighted by Gasteiger charge is 2.37. The maximum absolute atomic E-state index is 13.0. The molecule has 9 nitrogen and oxygen atoms in total. The Morgan fingerprint density at radius 2 is 1.77 bits per heavy atom. The van der Waals surface area contributed by atoms with E-state index in [2.05, 4.69) is 35.9 Å². The fourth-order valence-corrected chi connectivity index (χ4v) is 3.78. The largest absolute Gasteiger partial charge is 0.480 e. The van der Waals surface area contributed by atoms with Gasteiger partial charge in [0, 0.05) is 24.5 Å². The zero-order valence-corrected chi connectivity index (χ0v) is 18.7. The Morgan fingerprint density at radius 1 is 1.10 bits per heavy atom. The van der Waals surface area contributed by atoms with Crippen LogP contribution in [0.3, 0.4) is 0 Å². The van der Waals surface area contributed by atoms with Gasteiger partial charge in [-0.15, -0.1) is 0 Å². The number of nitrogens with zero attached hydrogens (tertiary/aromatic N) is 1. The lowest BCUT2D eigenvalue weighted by atomic mass is 10.0. The van der Waals surface area contributed by atoms with Crippen LogP contribution in [0.1, 0.15) is 18.4 Å². The quantitative estimate of drug-likeness (QED) is 0.255. The van der Waals surface area contributed by atoms with Crippen LogP contribution in [0, 0.1) is 0 Å². The Morgan fingerprint density at radius 3 is 2.35 bits per heavy atom. The van der Waals surface area contributed by atoms with E-state index in [1.54, 1.807) is 24.3 Å². The van der Waals surface area contributed by atoms with E-state index in [0.717, 1.165) is 5.56 Å². The standard InChI is InChI=1S/C20H28N4O5S2/c21-13(10-30)19(27)24-8-4-7-16(24)18(26)22-14(9-12-5-2-1-3-6-12)17(25)23-15(11-31)20(28)29/h1-3,5-6,13-16,30-31H,4,7-11,21H2,(H,22,26)(H,23,25)(H,28,29). The summed E-state index contributed by atoms with van der Waals surface area (Å²) < 4.78 is 0. The molecule has 2 rings (SSSR count).